The summed E-state index contributed by atoms with van der Waals surface area (Å²) in [6.07, 6.45) is 4.46. The molecule has 5 heteroatoms. The minimum absolute atomic E-state index is 0.0105. The van der Waals surface area contributed by atoms with Crippen molar-refractivity contribution in [3.8, 4) is 0 Å². The predicted octanol–water partition coefficient (Wildman–Crippen LogP) is 1.95. The van der Waals surface area contributed by atoms with Gasteiger partial charge in [0.15, 0.2) is 0 Å². The number of imide groups is 1. The van der Waals surface area contributed by atoms with E-state index in [-0.39, 0.29) is 18.0 Å². The molecule has 22 heavy (non-hydrogen) atoms. The molecule has 0 unspecified atom stereocenters. The molecule has 2 atom stereocenters. The highest BCUT2D eigenvalue weighted by Gasteiger charge is 2.54. The lowest BCUT2D eigenvalue weighted by Gasteiger charge is -2.33. The van der Waals surface area contributed by atoms with Gasteiger partial charge in [-0.2, -0.15) is 0 Å². The number of fused-ring (bicyclic) bond motifs is 2. The average molecular weight is 300 g/mol. The van der Waals surface area contributed by atoms with E-state index in [1.165, 1.54) is 10.5 Å². The van der Waals surface area contributed by atoms with E-state index >= 15 is 0 Å². The maximum absolute atomic E-state index is 13.0. The first-order valence-corrected chi connectivity index (χ1v) is 8.05. The van der Waals surface area contributed by atoms with Gasteiger partial charge < -0.3 is 10.1 Å². The molecule has 1 aromatic rings. The number of benzene rings is 1. The number of hydrogen-bond donors (Lipinski definition) is 1. The highest BCUT2D eigenvalue weighted by Crippen LogP contribution is 2.40. The first kappa shape index (κ1) is 13.8. The van der Waals surface area contributed by atoms with Gasteiger partial charge in [0.25, 0.3) is 5.91 Å². The van der Waals surface area contributed by atoms with Gasteiger partial charge in [0.2, 0.25) is 0 Å². The summed E-state index contributed by atoms with van der Waals surface area (Å²) in [5.74, 6) is -0.111. The average Bonchev–Trinajstić information content (AvgIpc) is 3.12. The Morgan fingerprint density at radius 2 is 2.14 bits per heavy atom. The van der Waals surface area contributed by atoms with Crippen LogP contribution in [0.1, 0.15) is 36.8 Å². The maximum Gasteiger partial charge on any atom is 0.325 e. The smallest absolute Gasteiger partial charge is 0.325 e. The van der Waals surface area contributed by atoms with Gasteiger partial charge in [0, 0.05) is 6.61 Å². The summed E-state index contributed by atoms with van der Waals surface area (Å²) in [4.78, 5) is 26.8. The summed E-state index contributed by atoms with van der Waals surface area (Å²) in [6, 6.07) is 7.68. The number of carbonyl (C=O) groups excluding carboxylic acids is 2. The van der Waals surface area contributed by atoms with Crippen LogP contribution in [0.4, 0.5) is 4.79 Å². The Morgan fingerprint density at radius 1 is 1.27 bits per heavy atom. The molecule has 4 rings (SSSR count). The van der Waals surface area contributed by atoms with Crippen LogP contribution < -0.4 is 5.32 Å². The van der Waals surface area contributed by atoms with Crippen molar-refractivity contribution in [1.82, 2.24) is 10.2 Å². The Hall–Kier alpha value is -1.88. The Labute approximate surface area is 129 Å². The van der Waals surface area contributed by atoms with E-state index in [2.05, 4.69) is 11.4 Å². The second-order valence-corrected chi connectivity index (χ2v) is 6.40. The van der Waals surface area contributed by atoms with E-state index in [9.17, 15) is 9.59 Å². The zero-order valence-corrected chi connectivity index (χ0v) is 12.5. The monoisotopic (exact) mass is 300 g/mol. The molecule has 116 valence electrons. The van der Waals surface area contributed by atoms with Gasteiger partial charge >= 0.3 is 6.03 Å². The standard InChI is InChI=1S/C17H20N2O3/c20-15-17(9-3-6-12-5-1-2-8-14(12)17)18-16(21)19(15)11-13-7-4-10-22-13/h1-2,5,8,13H,3-4,6-7,9-11H2,(H,18,21)/t13-,17+/m0/s1. The molecule has 3 aliphatic rings. The Kier molecular flexibility index (Phi) is 3.18. The predicted molar refractivity (Wildman–Crippen MR) is 80.3 cm³/mol. The summed E-state index contributed by atoms with van der Waals surface area (Å²) in [7, 11) is 0. The van der Waals surface area contributed by atoms with Crippen molar-refractivity contribution < 1.29 is 14.3 Å². The molecule has 2 heterocycles. The quantitative estimate of drug-likeness (QED) is 0.849. The lowest BCUT2D eigenvalue weighted by molar-refractivity contribution is -0.133. The van der Waals surface area contributed by atoms with Gasteiger partial charge in [0.1, 0.15) is 5.54 Å². The number of aryl methyl sites for hydroxylation is 1. The summed E-state index contributed by atoms with van der Waals surface area (Å²) in [5, 5.41) is 2.98. The van der Waals surface area contributed by atoms with E-state index in [0.717, 1.165) is 37.9 Å². The van der Waals surface area contributed by atoms with Crippen LogP contribution in [0.5, 0.6) is 0 Å². The largest absolute Gasteiger partial charge is 0.376 e. The summed E-state index contributed by atoms with van der Waals surface area (Å²) in [5.41, 5.74) is 1.28. The third-order valence-corrected chi connectivity index (χ3v) is 5.06. The van der Waals surface area contributed by atoms with Gasteiger partial charge in [-0.15, -0.1) is 0 Å². The maximum atomic E-state index is 13.0. The van der Waals surface area contributed by atoms with E-state index in [1.54, 1.807) is 0 Å². The summed E-state index contributed by atoms with van der Waals surface area (Å²) >= 11 is 0. The Bertz CT molecular complexity index is 624. The third kappa shape index (κ3) is 1.96. The fourth-order valence-electron chi connectivity index (χ4n) is 3.97. The highest BCUT2D eigenvalue weighted by molar-refractivity contribution is 6.07. The van der Waals surface area contributed by atoms with Crippen LogP contribution in [0.3, 0.4) is 0 Å². The molecule has 0 bridgehead atoms. The minimum atomic E-state index is -0.857. The fraction of sp³-hybridized carbons (Fsp3) is 0.529. The lowest BCUT2D eigenvalue weighted by Crippen LogP contribution is -2.47. The van der Waals surface area contributed by atoms with Crippen molar-refractivity contribution in [3.63, 3.8) is 0 Å². The van der Waals surface area contributed by atoms with Crippen LogP contribution in [-0.4, -0.2) is 36.1 Å². The molecule has 1 N–H and O–H groups in total. The third-order valence-electron chi connectivity index (χ3n) is 5.06. The van der Waals surface area contributed by atoms with Gasteiger partial charge in [-0.3, -0.25) is 9.69 Å². The van der Waals surface area contributed by atoms with E-state index in [0.29, 0.717) is 13.0 Å². The lowest BCUT2D eigenvalue weighted by atomic mass is 9.76. The molecule has 5 nitrogen and oxygen atoms in total. The van der Waals surface area contributed by atoms with Crippen molar-refractivity contribution in [2.45, 2.75) is 43.7 Å². The van der Waals surface area contributed by atoms with Gasteiger partial charge in [0.05, 0.1) is 12.6 Å². The first-order valence-electron chi connectivity index (χ1n) is 8.05. The van der Waals surface area contributed by atoms with Crippen LogP contribution in [0, 0.1) is 0 Å². The van der Waals surface area contributed by atoms with Crippen LogP contribution in [0.15, 0.2) is 24.3 Å². The summed E-state index contributed by atoms with van der Waals surface area (Å²) < 4.78 is 5.58. The highest BCUT2D eigenvalue weighted by atomic mass is 16.5. The van der Waals surface area contributed by atoms with Crippen LogP contribution in [0.25, 0.3) is 0 Å². The fourth-order valence-corrected chi connectivity index (χ4v) is 3.97. The number of rotatable bonds is 2. The van der Waals surface area contributed by atoms with Crippen LogP contribution in [0.2, 0.25) is 0 Å². The van der Waals surface area contributed by atoms with Crippen molar-refractivity contribution >= 4 is 11.9 Å². The number of urea groups is 1. The Balaban J connectivity index is 1.66. The molecule has 2 fully saturated rings. The van der Waals surface area contributed by atoms with Crippen LogP contribution in [-0.2, 0) is 21.5 Å². The second kappa shape index (κ2) is 5.09. The molecule has 2 aliphatic heterocycles. The number of hydrogen-bond acceptors (Lipinski definition) is 3. The zero-order chi connectivity index (χ0) is 15.2. The number of nitrogens with zero attached hydrogens (tertiary/aromatic N) is 1. The number of amides is 3. The molecule has 3 amide bonds. The SMILES string of the molecule is O=C1N[C@@]2(CCCc3ccccc32)C(=O)N1C[C@@H]1CCCO1. The molecular formula is C17H20N2O3. The molecule has 1 spiro atoms. The van der Waals surface area contributed by atoms with Crippen molar-refractivity contribution in [3.05, 3.63) is 35.4 Å². The van der Waals surface area contributed by atoms with E-state index in [1.807, 2.05) is 18.2 Å². The molecule has 1 aliphatic carbocycles. The van der Waals surface area contributed by atoms with Crippen LogP contribution >= 0.6 is 0 Å². The van der Waals surface area contributed by atoms with Gasteiger partial charge in [-0.25, -0.2) is 4.79 Å². The molecule has 0 aromatic heterocycles. The Morgan fingerprint density at radius 3 is 2.95 bits per heavy atom. The minimum Gasteiger partial charge on any atom is -0.376 e. The normalized spacial score (nSPS) is 30.7. The zero-order valence-electron chi connectivity index (χ0n) is 12.5. The number of ether oxygens (including phenoxy) is 1. The van der Waals surface area contributed by atoms with E-state index in [4.69, 9.17) is 4.74 Å². The number of nitrogens with one attached hydrogen (secondary N) is 1. The van der Waals surface area contributed by atoms with Crippen molar-refractivity contribution in [1.29, 1.82) is 0 Å². The molecule has 1 aromatic carbocycles. The van der Waals surface area contributed by atoms with Gasteiger partial charge in [-0.1, -0.05) is 24.3 Å². The van der Waals surface area contributed by atoms with Crippen molar-refractivity contribution in [2.24, 2.45) is 0 Å². The van der Waals surface area contributed by atoms with Gasteiger partial charge in [-0.05, 0) is 43.2 Å². The molecule has 0 radical (unpaired) electrons. The summed E-state index contributed by atoms with van der Waals surface area (Å²) in [6.45, 7) is 1.09. The molecule has 0 saturated carbocycles. The van der Waals surface area contributed by atoms with E-state index < -0.39 is 5.54 Å². The molecular weight excluding hydrogens is 280 g/mol. The molecule has 2 saturated heterocycles. The first-order chi connectivity index (χ1) is 10.7. The second-order valence-electron chi connectivity index (χ2n) is 6.40. The van der Waals surface area contributed by atoms with Crippen molar-refractivity contribution in [2.75, 3.05) is 13.2 Å². The number of carbonyl (C=O) groups is 2. The topological polar surface area (TPSA) is 58.6 Å².